The number of carbonyl (C=O) groups is 1. The third kappa shape index (κ3) is 5.43. The molecule has 3 rings (SSSR count). The van der Waals surface area contributed by atoms with E-state index in [0.29, 0.717) is 10.9 Å². The molecule has 4 nitrogen and oxygen atoms in total. The third-order valence-corrected chi connectivity index (χ3v) is 4.53. The topological polar surface area (TPSA) is 51.2 Å². The molecule has 0 radical (unpaired) electrons. The van der Waals surface area contributed by atoms with Gasteiger partial charge in [-0.05, 0) is 49.4 Å². The summed E-state index contributed by atoms with van der Waals surface area (Å²) in [6, 6.07) is 9.69. The zero-order valence-corrected chi connectivity index (χ0v) is 14.5. The molecular formula is C19H20ClFN2O2. The number of rotatable bonds is 5. The number of nitrogens with one attached hydrogen (secondary N) is 1. The van der Waals surface area contributed by atoms with Crippen LogP contribution in [0.15, 0.2) is 42.6 Å². The van der Waals surface area contributed by atoms with Crippen molar-refractivity contribution in [3.05, 3.63) is 59.0 Å². The van der Waals surface area contributed by atoms with Gasteiger partial charge in [-0.1, -0.05) is 23.7 Å². The summed E-state index contributed by atoms with van der Waals surface area (Å²) in [5, 5.41) is 3.64. The quantitative estimate of drug-likeness (QED) is 0.877. The van der Waals surface area contributed by atoms with Crippen LogP contribution < -0.4 is 10.1 Å². The van der Waals surface area contributed by atoms with Crippen molar-refractivity contribution in [1.29, 1.82) is 0 Å². The van der Waals surface area contributed by atoms with E-state index < -0.39 is 0 Å². The molecule has 1 aliphatic carbocycles. The molecule has 0 atom stereocenters. The van der Waals surface area contributed by atoms with Crippen LogP contribution in [0.2, 0.25) is 5.02 Å². The normalized spacial score (nSPS) is 20.1. The standard InChI is InChI=1S/C19H20ClFN2O2/c20-14-3-10-19(22-12-14)25-17-8-6-16(7-9-17)23-18(24)11-13-1-4-15(21)5-2-13/h1-5,10,12,16-17H,6-9,11H2,(H,23,24). The summed E-state index contributed by atoms with van der Waals surface area (Å²) in [4.78, 5) is 16.3. The zero-order valence-electron chi connectivity index (χ0n) is 13.8. The van der Waals surface area contributed by atoms with Crippen LogP contribution in [0.5, 0.6) is 5.88 Å². The molecule has 1 heterocycles. The molecule has 1 N–H and O–H groups in total. The lowest BCUT2D eigenvalue weighted by molar-refractivity contribution is -0.121. The molecule has 1 aliphatic rings. The van der Waals surface area contributed by atoms with Crippen molar-refractivity contribution < 1.29 is 13.9 Å². The first kappa shape index (κ1) is 17.7. The lowest BCUT2D eigenvalue weighted by Gasteiger charge is -2.29. The number of pyridine rings is 1. The highest BCUT2D eigenvalue weighted by Crippen LogP contribution is 2.23. The molecule has 25 heavy (non-hydrogen) atoms. The third-order valence-electron chi connectivity index (χ3n) is 4.30. The first-order valence-corrected chi connectivity index (χ1v) is 8.78. The Kier molecular flexibility index (Phi) is 5.87. The molecule has 0 saturated heterocycles. The Morgan fingerprint density at radius 3 is 2.52 bits per heavy atom. The van der Waals surface area contributed by atoms with Crippen LogP contribution in [-0.4, -0.2) is 23.0 Å². The lowest BCUT2D eigenvalue weighted by atomic mass is 9.92. The van der Waals surface area contributed by atoms with Gasteiger partial charge in [0.05, 0.1) is 11.4 Å². The van der Waals surface area contributed by atoms with E-state index in [1.165, 1.54) is 12.1 Å². The number of carbonyl (C=O) groups excluding carboxylic acids is 1. The van der Waals surface area contributed by atoms with Gasteiger partial charge in [-0.25, -0.2) is 9.37 Å². The van der Waals surface area contributed by atoms with Gasteiger partial charge in [0.15, 0.2) is 0 Å². The Balaban J connectivity index is 1.42. The van der Waals surface area contributed by atoms with Crippen molar-refractivity contribution in [3.63, 3.8) is 0 Å². The van der Waals surface area contributed by atoms with Crippen molar-refractivity contribution in [3.8, 4) is 5.88 Å². The maximum atomic E-state index is 12.9. The fourth-order valence-electron chi connectivity index (χ4n) is 2.99. The second-order valence-corrected chi connectivity index (χ2v) is 6.71. The summed E-state index contributed by atoms with van der Waals surface area (Å²) in [6.45, 7) is 0. The van der Waals surface area contributed by atoms with Crippen molar-refractivity contribution in [1.82, 2.24) is 10.3 Å². The molecule has 0 aliphatic heterocycles. The second-order valence-electron chi connectivity index (χ2n) is 6.28. The maximum absolute atomic E-state index is 12.9. The molecular weight excluding hydrogens is 343 g/mol. The van der Waals surface area contributed by atoms with E-state index in [9.17, 15) is 9.18 Å². The van der Waals surface area contributed by atoms with Gasteiger partial charge in [0.25, 0.3) is 0 Å². The second kappa shape index (κ2) is 8.30. The summed E-state index contributed by atoms with van der Waals surface area (Å²) >= 11 is 5.81. The minimum Gasteiger partial charge on any atom is -0.474 e. The Labute approximate surface area is 151 Å². The van der Waals surface area contributed by atoms with Crippen LogP contribution in [0.3, 0.4) is 0 Å². The SMILES string of the molecule is O=C(Cc1ccc(F)cc1)NC1CCC(Oc2ccc(Cl)cn2)CC1. The van der Waals surface area contributed by atoms with Crippen LogP contribution in [0.25, 0.3) is 0 Å². The molecule has 1 aromatic carbocycles. The predicted molar refractivity (Wildman–Crippen MR) is 94.2 cm³/mol. The van der Waals surface area contributed by atoms with E-state index in [1.807, 2.05) is 0 Å². The van der Waals surface area contributed by atoms with Gasteiger partial charge in [0, 0.05) is 18.3 Å². The minimum atomic E-state index is -0.294. The average molecular weight is 363 g/mol. The first-order valence-electron chi connectivity index (χ1n) is 8.40. The van der Waals surface area contributed by atoms with Gasteiger partial charge in [-0.15, -0.1) is 0 Å². The van der Waals surface area contributed by atoms with Crippen molar-refractivity contribution in [2.75, 3.05) is 0 Å². The number of nitrogens with zero attached hydrogens (tertiary/aromatic N) is 1. The highest BCUT2D eigenvalue weighted by molar-refractivity contribution is 6.30. The number of amides is 1. The molecule has 1 aromatic heterocycles. The van der Waals surface area contributed by atoms with Crippen molar-refractivity contribution in [2.45, 2.75) is 44.2 Å². The van der Waals surface area contributed by atoms with Crippen LogP contribution in [0.1, 0.15) is 31.2 Å². The Hall–Kier alpha value is -2.14. The fourth-order valence-corrected chi connectivity index (χ4v) is 3.11. The van der Waals surface area contributed by atoms with Crippen molar-refractivity contribution in [2.24, 2.45) is 0 Å². The minimum absolute atomic E-state index is 0.0321. The number of halogens is 2. The Bertz CT molecular complexity index is 698. The monoisotopic (exact) mass is 362 g/mol. The van der Waals surface area contributed by atoms with Gasteiger partial charge < -0.3 is 10.1 Å². The molecule has 1 fully saturated rings. The number of ether oxygens (including phenoxy) is 1. The molecule has 0 spiro atoms. The molecule has 0 bridgehead atoms. The van der Waals surface area contributed by atoms with E-state index >= 15 is 0 Å². The molecule has 0 unspecified atom stereocenters. The zero-order chi connectivity index (χ0) is 17.6. The molecule has 1 amide bonds. The summed E-state index contributed by atoms with van der Waals surface area (Å²) in [6.07, 6.45) is 5.42. The van der Waals surface area contributed by atoms with Crippen LogP contribution in [0.4, 0.5) is 4.39 Å². The van der Waals surface area contributed by atoms with E-state index in [2.05, 4.69) is 10.3 Å². The van der Waals surface area contributed by atoms with Gasteiger partial charge in [0.1, 0.15) is 11.9 Å². The predicted octanol–water partition coefficient (Wildman–Crippen LogP) is 3.92. The fraction of sp³-hybridized carbons (Fsp3) is 0.368. The Morgan fingerprint density at radius 1 is 1.16 bits per heavy atom. The van der Waals surface area contributed by atoms with Gasteiger partial charge in [-0.3, -0.25) is 4.79 Å². The number of hydrogen-bond donors (Lipinski definition) is 1. The highest BCUT2D eigenvalue weighted by atomic mass is 35.5. The maximum Gasteiger partial charge on any atom is 0.224 e. The summed E-state index contributed by atoms with van der Waals surface area (Å²) in [5.74, 6) is 0.251. The van der Waals surface area contributed by atoms with Gasteiger partial charge in [0.2, 0.25) is 11.8 Å². The highest BCUT2D eigenvalue weighted by Gasteiger charge is 2.23. The summed E-state index contributed by atoms with van der Waals surface area (Å²) < 4.78 is 18.7. The largest absolute Gasteiger partial charge is 0.474 e. The molecule has 132 valence electrons. The summed E-state index contributed by atoms with van der Waals surface area (Å²) in [5.41, 5.74) is 0.810. The summed E-state index contributed by atoms with van der Waals surface area (Å²) in [7, 11) is 0. The lowest BCUT2D eigenvalue weighted by Crippen LogP contribution is -2.40. The smallest absolute Gasteiger partial charge is 0.224 e. The van der Waals surface area contributed by atoms with E-state index in [4.69, 9.17) is 16.3 Å². The molecule has 6 heteroatoms. The van der Waals surface area contributed by atoms with Gasteiger partial charge in [-0.2, -0.15) is 0 Å². The first-order chi connectivity index (χ1) is 12.1. The van der Waals surface area contributed by atoms with E-state index in [1.54, 1.807) is 30.5 Å². The molecule has 2 aromatic rings. The van der Waals surface area contributed by atoms with Crippen molar-refractivity contribution >= 4 is 17.5 Å². The number of aromatic nitrogens is 1. The van der Waals surface area contributed by atoms with Crippen LogP contribution in [-0.2, 0) is 11.2 Å². The van der Waals surface area contributed by atoms with Crippen LogP contribution >= 0.6 is 11.6 Å². The van der Waals surface area contributed by atoms with Crippen LogP contribution in [0, 0.1) is 5.82 Å². The Morgan fingerprint density at radius 2 is 1.88 bits per heavy atom. The number of benzene rings is 1. The average Bonchev–Trinajstić information content (AvgIpc) is 2.61. The van der Waals surface area contributed by atoms with Gasteiger partial charge >= 0.3 is 0 Å². The molecule has 1 saturated carbocycles. The number of hydrogen-bond acceptors (Lipinski definition) is 3. The van der Waals surface area contributed by atoms with E-state index in [0.717, 1.165) is 31.2 Å². The van der Waals surface area contributed by atoms with E-state index in [-0.39, 0.29) is 30.3 Å².